The molecule has 0 saturated carbocycles. The number of nitrogens with one attached hydrogen (secondary N) is 1. The predicted octanol–water partition coefficient (Wildman–Crippen LogP) is -2.46. The number of carbonyl (C=O) groups excluding carboxylic acids is 3. The second kappa shape index (κ2) is 13.6. The number of aliphatic carboxylic acids is 2. The van der Waals surface area contributed by atoms with Crippen LogP contribution in [0.25, 0.3) is 0 Å². The van der Waals surface area contributed by atoms with E-state index >= 15 is 0 Å². The molecule has 2 amide bonds. The van der Waals surface area contributed by atoms with Gasteiger partial charge in [0.15, 0.2) is 10.8 Å². The van der Waals surface area contributed by atoms with Gasteiger partial charge in [-0.15, -0.1) is 23.1 Å². The molecule has 0 aromatic carbocycles. The first-order valence-electron chi connectivity index (χ1n) is 9.07. The summed E-state index contributed by atoms with van der Waals surface area (Å²) in [4.78, 5) is 68.5. The van der Waals surface area contributed by atoms with Crippen molar-refractivity contribution < 1.29 is 43.8 Å². The van der Waals surface area contributed by atoms with E-state index in [2.05, 4.69) is 20.3 Å². The Kier molecular flexibility index (Phi) is 12.2. The summed E-state index contributed by atoms with van der Waals surface area (Å²) >= 11 is 2.18. The molecule has 1 fully saturated rings. The van der Waals surface area contributed by atoms with E-state index in [9.17, 15) is 29.1 Å². The van der Waals surface area contributed by atoms with Crippen molar-refractivity contribution in [2.75, 3.05) is 24.7 Å². The first-order chi connectivity index (χ1) is 15.6. The third kappa shape index (κ3) is 7.42. The summed E-state index contributed by atoms with van der Waals surface area (Å²) in [5.41, 5.74) is 5.12. The molecule has 2 aliphatic heterocycles. The molecule has 2 aliphatic rings. The number of nitrogen functional groups attached to an aromatic ring is 1. The van der Waals surface area contributed by atoms with Gasteiger partial charge in [-0.05, 0) is 0 Å². The maximum absolute atomic E-state index is 12.8. The van der Waals surface area contributed by atoms with E-state index in [1.54, 1.807) is 0 Å². The number of esters is 1. The van der Waals surface area contributed by atoms with Crippen molar-refractivity contribution in [2.24, 2.45) is 5.16 Å². The van der Waals surface area contributed by atoms with Gasteiger partial charge >= 0.3 is 77.0 Å². The first kappa shape index (κ1) is 31.4. The molecule has 180 valence electrons. The van der Waals surface area contributed by atoms with Crippen LogP contribution in [0.1, 0.15) is 12.6 Å². The van der Waals surface area contributed by atoms with E-state index in [0.717, 1.165) is 16.2 Å². The van der Waals surface area contributed by atoms with Crippen molar-refractivity contribution in [3.8, 4) is 0 Å². The second-order valence-corrected chi connectivity index (χ2v) is 8.57. The standard InChI is InChI=1S/C17H17N5O9S2.2Na.2H/c1-6(23)30-2-7-4-32-15-11(14(27)22(15)12(7)16(28)29)20-13(26)10(21-31-3-9(24)25)8-5-33-17(18)19-8;;;;/h5,11,15H,2-4H2,1H3,(H2,18,19)(H,20,26)(H,24,25)(H,28,29);;;;/b21-10-;;;;/t11-,15-;;;;/m1..../s1. The number of oxime groups is 1. The monoisotopic (exact) mass is 547 g/mol. The zero-order valence-electron chi connectivity index (χ0n) is 16.8. The number of hydrogen-bond acceptors (Lipinski definition) is 12. The summed E-state index contributed by atoms with van der Waals surface area (Å²) in [5, 5.41) is 25.0. The Hall–Kier alpha value is -1.66. The Bertz CT molecular complexity index is 1090. The van der Waals surface area contributed by atoms with Crippen LogP contribution in [0.3, 0.4) is 0 Å². The molecule has 0 radical (unpaired) electrons. The number of thioether (sulfide) groups is 1. The Morgan fingerprint density at radius 1 is 1.31 bits per heavy atom. The first-order valence-corrected chi connectivity index (χ1v) is 11.0. The van der Waals surface area contributed by atoms with Crippen LogP contribution in [-0.2, 0) is 33.5 Å². The zero-order chi connectivity index (χ0) is 24.3. The van der Waals surface area contributed by atoms with Crippen LogP contribution in [0, 0.1) is 0 Å². The maximum atomic E-state index is 12.8. The molecule has 0 spiro atoms. The minimum atomic E-state index is -1.37. The summed E-state index contributed by atoms with van der Waals surface area (Å²) < 4.78 is 4.86. The number of rotatable bonds is 9. The van der Waals surface area contributed by atoms with Gasteiger partial charge in [-0.2, -0.15) is 0 Å². The second-order valence-electron chi connectivity index (χ2n) is 6.58. The number of nitrogens with two attached hydrogens (primary N) is 1. The van der Waals surface area contributed by atoms with Gasteiger partial charge in [0, 0.05) is 23.6 Å². The van der Waals surface area contributed by atoms with E-state index in [4.69, 9.17) is 15.6 Å². The number of anilines is 1. The molecule has 5 N–H and O–H groups in total. The van der Waals surface area contributed by atoms with Gasteiger partial charge in [0.2, 0.25) is 6.61 Å². The fourth-order valence-corrected chi connectivity index (χ4v) is 4.82. The van der Waals surface area contributed by atoms with Crippen molar-refractivity contribution in [2.45, 2.75) is 18.3 Å². The van der Waals surface area contributed by atoms with E-state index in [1.165, 1.54) is 24.1 Å². The van der Waals surface area contributed by atoms with Gasteiger partial charge in [-0.3, -0.25) is 19.3 Å². The Labute approximate surface area is 250 Å². The van der Waals surface area contributed by atoms with Crippen molar-refractivity contribution >= 4 is 123 Å². The predicted molar refractivity (Wildman–Crippen MR) is 127 cm³/mol. The van der Waals surface area contributed by atoms with Gasteiger partial charge in [-0.1, -0.05) is 5.16 Å². The van der Waals surface area contributed by atoms with Gasteiger partial charge in [-0.25, -0.2) is 14.6 Å². The van der Waals surface area contributed by atoms with Gasteiger partial charge in [0.1, 0.15) is 29.4 Å². The molecule has 14 nitrogen and oxygen atoms in total. The summed E-state index contributed by atoms with van der Waals surface area (Å²) in [6.07, 6.45) is 0. The van der Waals surface area contributed by atoms with Gasteiger partial charge in [0.25, 0.3) is 11.8 Å². The summed E-state index contributed by atoms with van der Waals surface area (Å²) in [5.74, 6) is -4.72. The zero-order valence-corrected chi connectivity index (χ0v) is 18.5. The number of fused-ring (bicyclic) bond motifs is 1. The molecule has 1 saturated heterocycles. The van der Waals surface area contributed by atoms with Crippen LogP contribution in [-0.4, -0.2) is 145 Å². The molecule has 35 heavy (non-hydrogen) atoms. The average Bonchev–Trinajstić information content (AvgIpc) is 3.17. The van der Waals surface area contributed by atoms with Crippen LogP contribution in [0.2, 0.25) is 0 Å². The fourth-order valence-electron chi connectivity index (χ4n) is 2.95. The molecule has 0 aliphatic carbocycles. The number of carbonyl (C=O) groups is 5. The topological polar surface area (TPSA) is 211 Å². The van der Waals surface area contributed by atoms with Crippen molar-refractivity contribution in [1.82, 2.24) is 15.2 Å². The molecule has 3 heterocycles. The molecule has 0 unspecified atom stereocenters. The Morgan fingerprint density at radius 2 is 2.00 bits per heavy atom. The third-order valence-electron chi connectivity index (χ3n) is 4.31. The van der Waals surface area contributed by atoms with Crippen LogP contribution < -0.4 is 11.1 Å². The van der Waals surface area contributed by atoms with Crippen LogP contribution in [0.5, 0.6) is 0 Å². The number of aromatic nitrogens is 1. The number of ether oxygens (including phenoxy) is 1. The molecule has 1 aromatic heterocycles. The molecule has 18 heteroatoms. The number of amides is 2. The molecule has 2 atom stereocenters. The summed E-state index contributed by atoms with van der Waals surface area (Å²) in [7, 11) is 0. The summed E-state index contributed by atoms with van der Waals surface area (Å²) in [6, 6.07) is -1.09. The number of hydrogen-bond donors (Lipinski definition) is 4. The number of carboxylic acid groups (broad SMARTS) is 2. The van der Waals surface area contributed by atoms with Crippen molar-refractivity contribution in [3.63, 3.8) is 0 Å². The van der Waals surface area contributed by atoms with Crippen LogP contribution >= 0.6 is 23.1 Å². The third-order valence-corrected chi connectivity index (χ3v) is 6.32. The number of carboxylic acids is 2. The quantitative estimate of drug-likeness (QED) is 0.0833. The van der Waals surface area contributed by atoms with Crippen molar-refractivity contribution in [3.05, 3.63) is 22.3 Å². The normalized spacial score (nSPS) is 18.8. The van der Waals surface area contributed by atoms with E-state index < -0.39 is 53.5 Å². The average molecular weight is 547 g/mol. The Morgan fingerprint density at radius 3 is 2.54 bits per heavy atom. The minimum absolute atomic E-state index is 0. The van der Waals surface area contributed by atoms with Crippen LogP contribution in [0.4, 0.5) is 5.13 Å². The van der Waals surface area contributed by atoms with Gasteiger partial charge < -0.3 is 30.8 Å². The number of nitrogens with zero attached hydrogens (tertiary/aromatic N) is 3. The molecule has 1 aromatic rings. The number of thiazole rings is 1. The van der Waals surface area contributed by atoms with Crippen LogP contribution in [0.15, 0.2) is 21.8 Å². The molecule has 0 bridgehead atoms. The van der Waals surface area contributed by atoms with E-state index in [-0.39, 0.29) is 93.6 Å². The summed E-state index contributed by atoms with van der Waals surface area (Å²) in [6.45, 7) is 0.0821. The Balaban J connectivity index is 0.00000306. The van der Waals surface area contributed by atoms with E-state index in [0.29, 0.717) is 0 Å². The van der Waals surface area contributed by atoms with E-state index in [1.807, 2.05) is 0 Å². The molecule has 3 rings (SSSR count). The molecular weight excluding hydrogens is 528 g/mol. The SMILES string of the molecule is CC(=O)OCC1=C(C(=O)O)N2C(=O)[C@@H](NC(=O)/C(=N\OCC(=O)O)c3csc(N)n3)[C@H]2SC1.[NaH].[NaH]. The number of β-lactam (4-membered cyclic amide) rings is 1. The fraction of sp³-hybridized carbons (Fsp3) is 0.353. The van der Waals surface area contributed by atoms with Crippen molar-refractivity contribution in [1.29, 1.82) is 0 Å². The molecular formula is C17H19N5Na2O9S2. The van der Waals surface area contributed by atoms with Gasteiger partial charge in [0.05, 0.1) is 0 Å².